The van der Waals surface area contributed by atoms with Crippen LogP contribution in [0.15, 0.2) is 42.6 Å². The first kappa shape index (κ1) is 22.5. The molecule has 0 bridgehead atoms. The molecule has 3 heterocycles. The van der Waals surface area contributed by atoms with E-state index >= 15 is 0 Å². The third kappa shape index (κ3) is 4.08. The fourth-order valence-corrected chi connectivity index (χ4v) is 3.81. The second-order valence-corrected chi connectivity index (χ2v) is 7.48. The zero-order valence-electron chi connectivity index (χ0n) is 18.1. The number of hydrogen-bond donors (Lipinski definition) is 0. The SMILES string of the molecule is CCc1cc(F)ccc1N1CN(c2ccc(OC)nc2C)C(=O)c2cc(C(F)(F)F)cnc21. The van der Waals surface area contributed by atoms with E-state index in [4.69, 9.17) is 4.74 Å². The molecule has 6 nitrogen and oxygen atoms in total. The summed E-state index contributed by atoms with van der Waals surface area (Å²) >= 11 is 0. The van der Waals surface area contributed by atoms with Crippen LogP contribution < -0.4 is 14.5 Å². The van der Waals surface area contributed by atoms with Gasteiger partial charge in [-0.3, -0.25) is 9.69 Å². The van der Waals surface area contributed by atoms with Crippen LogP contribution in [0.2, 0.25) is 0 Å². The molecule has 0 aliphatic carbocycles. The summed E-state index contributed by atoms with van der Waals surface area (Å²) < 4.78 is 59.2. The van der Waals surface area contributed by atoms with Crippen molar-refractivity contribution in [2.45, 2.75) is 26.4 Å². The van der Waals surface area contributed by atoms with Crippen LogP contribution in [0.3, 0.4) is 0 Å². The number of fused-ring (bicyclic) bond motifs is 1. The predicted octanol–water partition coefficient (Wildman–Crippen LogP) is 5.27. The van der Waals surface area contributed by atoms with E-state index in [0.717, 1.165) is 6.07 Å². The second-order valence-electron chi connectivity index (χ2n) is 7.48. The number of aromatic nitrogens is 2. The Morgan fingerprint density at radius 3 is 2.45 bits per heavy atom. The number of halogens is 4. The van der Waals surface area contributed by atoms with Gasteiger partial charge in [-0.25, -0.2) is 14.4 Å². The van der Waals surface area contributed by atoms with Gasteiger partial charge in [-0.05, 0) is 49.2 Å². The summed E-state index contributed by atoms with van der Waals surface area (Å²) in [5.41, 5.74) is 0.800. The maximum absolute atomic E-state index is 13.9. The van der Waals surface area contributed by atoms with Gasteiger partial charge in [-0.15, -0.1) is 0 Å². The van der Waals surface area contributed by atoms with Crippen LogP contribution >= 0.6 is 0 Å². The molecule has 1 aromatic carbocycles. The van der Waals surface area contributed by atoms with Gasteiger partial charge in [0.05, 0.1) is 29.6 Å². The van der Waals surface area contributed by atoms with Gasteiger partial charge in [0.1, 0.15) is 18.3 Å². The van der Waals surface area contributed by atoms with Crippen LogP contribution in [0.4, 0.5) is 34.8 Å². The van der Waals surface area contributed by atoms with Crippen molar-refractivity contribution in [3.8, 4) is 5.88 Å². The number of methoxy groups -OCH3 is 1. The average Bonchev–Trinajstić information content (AvgIpc) is 2.79. The van der Waals surface area contributed by atoms with Gasteiger partial charge in [-0.2, -0.15) is 13.2 Å². The molecule has 0 saturated heterocycles. The number of aryl methyl sites for hydroxylation is 2. The zero-order valence-corrected chi connectivity index (χ0v) is 18.1. The number of ether oxygens (including phenoxy) is 1. The van der Waals surface area contributed by atoms with Crippen molar-refractivity contribution in [3.63, 3.8) is 0 Å². The van der Waals surface area contributed by atoms with Crippen molar-refractivity contribution >= 4 is 23.1 Å². The summed E-state index contributed by atoms with van der Waals surface area (Å²) in [5.74, 6) is -0.665. The number of carbonyl (C=O) groups excluding carboxylic acids is 1. The molecule has 0 radical (unpaired) electrons. The molecular weight excluding hydrogens is 440 g/mol. The number of alkyl halides is 3. The molecule has 1 aliphatic rings. The molecule has 172 valence electrons. The Morgan fingerprint density at radius 2 is 1.82 bits per heavy atom. The highest BCUT2D eigenvalue weighted by atomic mass is 19.4. The molecule has 33 heavy (non-hydrogen) atoms. The first-order chi connectivity index (χ1) is 15.6. The Labute approximate surface area is 187 Å². The fraction of sp³-hybridized carbons (Fsp3) is 0.261. The van der Waals surface area contributed by atoms with Gasteiger partial charge < -0.3 is 9.64 Å². The average molecular weight is 460 g/mol. The highest BCUT2D eigenvalue weighted by Crippen LogP contribution is 2.39. The molecule has 10 heteroatoms. The molecule has 1 amide bonds. The molecular formula is C23H20F4N4O2. The number of nitrogens with zero attached hydrogens (tertiary/aromatic N) is 4. The van der Waals surface area contributed by atoms with Crippen molar-refractivity contribution < 1.29 is 27.1 Å². The highest BCUT2D eigenvalue weighted by Gasteiger charge is 2.38. The maximum atomic E-state index is 13.9. The Balaban J connectivity index is 1.91. The van der Waals surface area contributed by atoms with Crippen LogP contribution in [0, 0.1) is 12.7 Å². The number of rotatable bonds is 4. The lowest BCUT2D eigenvalue weighted by Gasteiger charge is -2.38. The standard InChI is InChI=1S/C23H20F4N4O2/c1-4-14-9-16(24)5-6-19(14)30-12-31(18-7-8-20(33-3)29-13(18)2)22(32)17-10-15(23(25,26)27)11-28-21(17)30/h5-11H,4,12H2,1-3H3. The Hall–Kier alpha value is -3.69. The number of carbonyl (C=O) groups is 1. The maximum Gasteiger partial charge on any atom is 0.417 e. The van der Waals surface area contributed by atoms with E-state index in [-0.39, 0.29) is 18.1 Å². The van der Waals surface area contributed by atoms with Crippen molar-refractivity contribution in [3.05, 3.63) is 70.8 Å². The van der Waals surface area contributed by atoms with E-state index in [2.05, 4.69) is 9.97 Å². The summed E-state index contributed by atoms with van der Waals surface area (Å²) in [6, 6.07) is 8.14. The van der Waals surface area contributed by atoms with Crippen LogP contribution in [-0.4, -0.2) is 29.7 Å². The fourth-order valence-electron chi connectivity index (χ4n) is 3.81. The number of benzene rings is 1. The molecule has 0 atom stereocenters. The minimum absolute atomic E-state index is 0.0440. The summed E-state index contributed by atoms with van der Waals surface area (Å²) in [7, 11) is 1.45. The number of anilines is 3. The summed E-state index contributed by atoms with van der Waals surface area (Å²) in [5, 5.41) is 0. The van der Waals surface area contributed by atoms with Gasteiger partial charge in [0.15, 0.2) is 0 Å². The monoisotopic (exact) mass is 460 g/mol. The summed E-state index contributed by atoms with van der Waals surface area (Å²) in [6.07, 6.45) is -3.50. The van der Waals surface area contributed by atoms with Gasteiger partial charge in [0, 0.05) is 18.0 Å². The van der Waals surface area contributed by atoms with E-state index in [0.29, 0.717) is 41.1 Å². The largest absolute Gasteiger partial charge is 0.481 e. The van der Waals surface area contributed by atoms with Gasteiger partial charge >= 0.3 is 6.18 Å². The van der Waals surface area contributed by atoms with E-state index in [1.807, 2.05) is 6.92 Å². The Bertz CT molecular complexity index is 1230. The minimum atomic E-state index is -4.67. The third-order valence-corrected chi connectivity index (χ3v) is 5.45. The van der Waals surface area contributed by atoms with E-state index in [1.54, 1.807) is 24.0 Å². The highest BCUT2D eigenvalue weighted by molar-refractivity contribution is 6.12. The first-order valence-electron chi connectivity index (χ1n) is 10.1. The predicted molar refractivity (Wildman–Crippen MR) is 114 cm³/mol. The lowest BCUT2D eigenvalue weighted by atomic mass is 10.0. The molecule has 1 aliphatic heterocycles. The van der Waals surface area contributed by atoms with E-state index < -0.39 is 23.5 Å². The van der Waals surface area contributed by atoms with Crippen LogP contribution in [-0.2, 0) is 12.6 Å². The summed E-state index contributed by atoms with van der Waals surface area (Å²) in [4.78, 5) is 24.6. The zero-order chi connectivity index (χ0) is 23.9. The quantitative estimate of drug-likeness (QED) is 0.497. The molecule has 0 N–H and O–H groups in total. The summed E-state index contributed by atoms with van der Waals surface area (Å²) in [6.45, 7) is 3.46. The number of amides is 1. The van der Waals surface area contributed by atoms with Crippen LogP contribution in [0.5, 0.6) is 5.88 Å². The van der Waals surface area contributed by atoms with Crippen molar-refractivity contribution in [1.82, 2.24) is 9.97 Å². The molecule has 3 aromatic rings. The van der Waals surface area contributed by atoms with Gasteiger partial charge in [0.2, 0.25) is 5.88 Å². The smallest absolute Gasteiger partial charge is 0.417 e. The molecule has 0 saturated carbocycles. The molecule has 2 aromatic heterocycles. The van der Waals surface area contributed by atoms with Crippen LogP contribution in [0.25, 0.3) is 0 Å². The lowest BCUT2D eigenvalue weighted by Crippen LogP contribution is -2.46. The van der Waals surface area contributed by atoms with Crippen molar-refractivity contribution in [1.29, 1.82) is 0 Å². The molecule has 4 rings (SSSR count). The molecule has 0 fully saturated rings. The molecule has 0 unspecified atom stereocenters. The second kappa shape index (κ2) is 8.34. The molecule has 0 spiro atoms. The van der Waals surface area contributed by atoms with Gasteiger partial charge in [0.25, 0.3) is 5.91 Å². The van der Waals surface area contributed by atoms with E-state index in [9.17, 15) is 22.4 Å². The lowest BCUT2D eigenvalue weighted by molar-refractivity contribution is -0.137. The number of pyridine rings is 2. The third-order valence-electron chi connectivity index (χ3n) is 5.45. The minimum Gasteiger partial charge on any atom is -0.481 e. The topological polar surface area (TPSA) is 58.6 Å². The first-order valence-corrected chi connectivity index (χ1v) is 10.1. The number of hydrogen-bond acceptors (Lipinski definition) is 5. The van der Waals surface area contributed by atoms with Crippen molar-refractivity contribution in [2.24, 2.45) is 0 Å². The van der Waals surface area contributed by atoms with Gasteiger partial charge in [-0.1, -0.05) is 6.92 Å². The van der Waals surface area contributed by atoms with E-state index in [1.165, 1.54) is 30.2 Å². The van der Waals surface area contributed by atoms with Crippen molar-refractivity contribution in [2.75, 3.05) is 23.6 Å². The normalized spacial score (nSPS) is 13.8. The van der Waals surface area contributed by atoms with Crippen LogP contribution in [0.1, 0.15) is 34.1 Å². The Morgan fingerprint density at radius 1 is 1.09 bits per heavy atom. The Kier molecular flexibility index (Phi) is 5.69.